The first kappa shape index (κ1) is 30.9. The van der Waals surface area contributed by atoms with Gasteiger partial charge in [0.15, 0.2) is 5.96 Å². The van der Waals surface area contributed by atoms with E-state index in [9.17, 15) is 9.59 Å². The van der Waals surface area contributed by atoms with Crippen LogP contribution < -0.4 is 10.6 Å². The number of halogens is 1. The van der Waals surface area contributed by atoms with Crippen molar-refractivity contribution in [2.24, 2.45) is 10.9 Å². The van der Waals surface area contributed by atoms with E-state index in [1.807, 2.05) is 9.80 Å². The molecule has 32 heavy (non-hydrogen) atoms. The maximum atomic E-state index is 12.4. The van der Waals surface area contributed by atoms with Gasteiger partial charge in [-0.15, -0.1) is 24.0 Å². The summed E-state index contributed by atoms with van der Waals surface area (Å²) in [5.41, 5.74) is 0. The highest BCUT2D eigenvalue weighted by Gasteiger charge is 2.23. The first-order chi connectivity index (χ1) is 15.0. The van der Waals surface area contributed by atoms with Crippen molar-refractivity contribution in [1.82, 2.24) is 20.4 Å². The SMILES string of the molecule is CCCCCCNC(=NCCCCCC(=O)N1CCN(C(=O)CC(C)C)CC1)NCC.I. The summed E-state index contributed by atoms with van der Waals surface area (Å²) in [6.45, 7) is 13.7. The Morgan fingerprint density at radius 2 is 1.47 bits per heavy atom. The zero-order valence-corrected chi connectivity index (χ0v) is 23.3. The van der Waals surface area contributed by atoms with E-state index in [-0.39, 0.29) is 35.8 Å². The van der Waals surface area contributed by atoms with E-state index >= 15 is 0 Å². The molecule has 0 radical (unpaired) electrons. The Bertz CT molecular complexity index is 534. The van der Waals surface area contributed by atoms with Crippen LogP contribution in [-0.2, 0) is 9.59 Å². The van der Waals surface area contributed by atoms with Crippen LogP contribution in [0.25, 0.3) is 0 Å². The van der Waals surface area contributed by atoms with Crippen molar-refractivity contribution in [3.8, 4) is 0 Å². The number of hydrogen-bond acceptors (Lipinski definition) is 3. The Labute approximate surface area is 213 Å². The first-order valence-electron chi connectivity index (χ1n) is 12.6. The number of nitrogens with one attached hydrogen (secondary N) is 2. The van der Waals surface area contributed by atoms with Gasteiger partial charge in [0, 0.05) is 58.7 Å². The maximum absolute atomic E-state index is 12.4. The number of nitrogens with zero attached hydrogens (tertiary/aromatic N) is 3. The Balaban J connectivity index is 0.00000961. The lowest BCUT2D eigenvalue weighted by molar-refractivity contribution is -0.140. The lowest BCUT2D eigenvalue weighted by atomic mass is 10.1. The first-order valence-corrected chi connectivity index (χ1v) is 12.6. The highest BCUT2D eigenvalue weighted by atomic mass is 127. The van der Waals surface area contributed by atoms with Crippen molar-refractivity contribution in [3.63, 3.8) is 0 Å². The Kier molecular flexibility index (Phi) is 18.8. The van der Waals surface area contributed by atoms with E-state index in [0.29, 0.717) is 44.9 Å². The molecule has 1 rings (SSSR count). The average molecular weight is 566 g/mol. The standard InChI is InChI=1S/C24H47N5O2.HI/c1-5-7-8-11-14-26-24(25-6-2)27-15-12-9-10-13-22(30)28-16-18-29(19-17-28)23(31)20-21(3)4;/h21H,5-20H2,1-4H3,(H2,25,26,27);1H. The fraction of sp³-hybridized carbons (Fsp3) is 0.875. The van der Waals surface area contributed by atoms with Gasteiger partial charge in [0.2, 0.25) is 11.8 Å². The fourth-order valence-corrected chi connectivity index (χ4v) is 3.70. The Morgan fingerprint density at radius 3 is 2.06 bits per heavy atom. The van der Waals surface area contributed by atoms with E-state index in [1.165, 1.54) is 25.7 Å². The zero-order chi connectivity index (χ0) is 22.9. The summed E-state index contributed by atoms with van der Waals surface area (Å²) in [4.78, 5) is 33.1. The van der Waals surface area contributed by atoms with Gasteiger partial charge in [-0.05, 0) is 32.1 Å². The van der Waals surface area contributed by atoms with Gasteiger partial charge in [0.25, 0.3) is 0 Å². The Morgan fingerprint density at radius 1 is 0.844 bits per heavy atom. The van der Waals surface area contributed by atoms with Crippen LogP contribution in [0, 0.1) is 5.92 Å². The predicted octanol–water partition coefficient (Wildman–Crippen LogP) is 4.02. The van der Waals surface area contributed by atoms with Gasteiger partial charge >= 0.3 is 0 Å². The van der Waals surface area contributed by atoms with Crippen LogP contribution in [0.4, 0.5) is 0 Å². The molecule has 7 nitrogen and oxygen atoms in total. The molecular weight excluding hydrogens is 517 g/mol. The van der Waals surface area contributed by atoms with Crippen LogP contribution in [0.5, 0.6) is 0 Å². The molecule has 0 aromatic heterocycles. The minimum absolute atomic E-state index is 0. The molecular formula is C24H48IN5O2. The molecule has 0 bridgehead atoms. The van der Waals surface area contributed by atoms with Crippen molar-refractivity contribution in [1.29, 1.82) is 0 Å². The number of rotatable bonds is 14. The lowest BCUT2D eigenvalue weighted by Gasteiger charge is -2.35. The number of unbranched alkanes of at least 4 members (excludes halogenated alkanes) is 5. The van der Waals surface area contributed by atoms with Crippen molar-refractivity contribution in [3.05, 3.63) is 0 Å². The zero-order valence-electron chi connectivity index (χ0n) is 21.0. The topological polar surface area (TPSA) is 77.0 Å². The van der Waals surface area contributed by atoms with Crippen molar-refractivity contribution in [2.75, 3.05) is 45.8 Å². The number of carbonyl (C=O) groups excluding carboxylic acids is 2. The fourth-order valence-electron chi connectivity index (χ4n) is 3.70. The van der Waals surface area contributed by atoms with E-state index in [0.717, 1.165) is 44.9 Å². The number of carbonyl (C=O) groups is 2. The summed E-state index contributed by atoms with van der Waals surface area (Å²) in [7, 11) is 0. The van der Waals surface area contributed by atoms with Gasteiger partial charge in [-0.1, -0.05) is 46.5 Å². The van der Waals surface area contributed by atoms with E-state index < -0.39 is 0 Å². The third-order valence-electron chi connectivity index (χ3n) is 5.55. The smallest absolute Gasteiger partial charge is 0.222 e. The number of hydrogen-bond donors (Lipinski definition) is 2. The molecule has 2 N–H and O–H groups in total. The number of guanidine groups is 1. The molecule has 1 fully saturated rings. The second-order valence-corrected chi connectivity index (χ2v) is 8.92. The minimum Gasteiger partial charge on any atom is -0.357 e. The molecule has 188 valence electrons. The lowest BCUT2D eigenvalue weighted by Crippen LogP contribution is -2.50. The van der Waals surface area contributed by atoms with Gasteiger partial charge in [-0.25, -0.2) is 0 Å². The van der Waals surface area contributed by atoms with Crippen LogP contribution in [0.15, 0.2) is 4.99 Å². The molecule has 0 spiro atoms. The molecule has 1 aliphatic rings. The molecule has 1 aliphatic heterocycles. The van der Waals surface area contributed by atoms with Gasteiger partial charge in [-0.2, -0.15) is 0 Å². The molecule has 0 unspecified atom stereocenters. The maximum Gasteiger partial charge on any atom is 0.222 e. The van der Waals surface area contributed by atoms with Gasteiger partial charge in [0.1, 0.15) is 0 Å². The quantitative estimate of drug-likeness (QED) is 0.144. The van der Waals surface area contributed by atoms with Gasteiger partial charge in [-0.3, -0.25) is 14.6 Å². The highest BCUT2D eigenvalue weighted by Crippen LogP contribution is 2.10. The normalized spacial score (nSPS) is 14.3. The van der Waals surface area contributed by atoms with Crippen LogP contribution in [-0.4, -0.2) is 73.4 Å². The van der Waals surface area contributed by atoms with Crippen molar-refractivity contribution < 1.29 is 9.59 Å². The van der Waals surface area contributed by atoms with Crippen LogP contribution in [0.1, 0.15) is 85.5 Å². The second-order valence-electron chi connectivity index (χ2n) is 8.92. The molecule has 0 saturated carbocycles. The molecule has 0 aliphatic carbocycles. The molecule has 0 aromatic carbocycles. The van der Waals surface area contributed by atoms with E-state index in [1.54, 1.807) is 0 Å². The third-order valence-corrected chi connectivity index (χ3v) is 5.55. The molecule has 0 aromatic rings. The third kappa shape index (κ3) is 14.2. The average Bonchev–Trinajstić information content (AvgIpc) is 2.75. The predicted molar refractivity (Wildman–Crippen MR) is 145 cm³/mol. The van der Waals surface area contributed by atoms with Crippen LogP contribution in [0.2, 0.25) is 0 Å². The minimum atomic E-state index is 0. The number of aliphatic imine (C=N–C) groups is 1. The summed E-state index contributed by atoms with van der Waals surface area (Å²) in [5.74, 6) is 1.73. The summed E-state index contributed by atoms with van der Waals surface area (Å²) >= 11 is 0. The molecule has 2 amide bonds. The summed E-state index contributed by atoms with van der Waals surface area (Å²) < 4.78 is 0. The second kappa shape index (κ2) is 19.4. The Hall–Kier alpha value is -1.06. The highest BCUT2D eigenvalue weighted by molar-refractivity contribution is 14.0. The molecule has 8 heteroatoms. The summed E-state index contributed by atoms with van der Waals surface area (Å²) in [5, 5.41) is 6.70. The molecule has 1 heterocycles. The van der Waals surface area contributed by atoms with Gasteiger partial charge < -0.3 is 20.4 Å². The van der Waals surface area contributed by atoms with Crippen LogP contribution >= 0.6 is 24.0 Å². The van der Waals surface area contributed by atoms with Crippen LogP contribution in [0.3, 0.4) is 0 Å². The largest absolute Gasteiger partial charge is 0.357 e. The molecule has 1 saturated heterocycles. The molecule has 0 atom stereocenters. The number of piperazine rings is 1. The van der Waals surface area contributed by atoms with Crippen molar-refractivity contribution in [2.45, 2.75) is 85.5 Å². The van der Waals surface area contributed by atoms with E-state index in [4.69, 9.17) is 0 Å². The number of amides is 2. The van der Waals surface area contributed by atoms with E-state index in [2.05, 4.69) is 43.3 Å². The van der Waals surface area contributed by atoms with Crippen molar-refractivity contribution >= 4 is 41.8 Å². The summed E-state index contributed by atoms with van der Waals surface area (Å²) in [6, 6.07) is 0. The monoisotopic (exact) mass is 565 g/mol. The summed E-state index contributed by atoms with van der Waals surface area (Å²) in [6.07, 6.45) is 9.10. The van der Waals surface area contributed by atoms with Gasteiger partial charge in [0.05, 0.1) is 0 Å².